The molecule has 0 aliphatic carbocycles. The second-order valence-corrected chi connectivity index (χ2v) is 6.04. The fourth-order valence-electron chi connectivity index (χ4n) is 2.76. The first-order valence-corrected chi connectivity index (χ1v) is 8.65. The van der Waals surface area contributed by atoms with Crippen molar-refractivity contribution in [3.05, 3.63) is 60.1 Å². The molecule has 0 saturated carbocycles. The second kappa shape index (κ2) is 8.71. The zero-order valence-electron chi connectivity index (χ0n) is 16.2. The molecule has 0 spiro atoms. The van der Waals surface area contributed by atoms with Crippen molar-refractivity contribution in [1.29, 1.82) is 5.26 Å². The van der Waals surface area contributed by atoms with Crippen molar-refractivity contribution in [3.63, 3.8) is 0 Å². The summed E-state index contributed by atoms with van der Waals surface area (Å²) in [6.07, 6.45) is 6.58. The number of benzene rings is 1. The highest BCUT2D eigenvalue weighted by Gasteiger charge is 2.15. The van der Waals surface area contributed by atoms with Gasteiger partial charge < -0.3 is 14.8 Å². The van der Waals surface area contributed by atoms with Crippen LogP contribution in [-0.4, -0.2) is 34.9 Å². The van der Waals surface area contributed by atoms with Gasteiger partial charge in [0.1, 0.15) is 11.6 Å². The minimum atomic E-state index is -0.538. The van der Waals surface area contributed by atoms with Crippen LogP contribution in [0.15, 0.2) is 54.5 Å². The quantitative estimate of drug-likeness (QED) is 0.513. The van der Waals surface area contributed by atoms with Gasteiger partial charge in [0.05, 0.1) is 19.9 Å². The molecule has 0 fully saturated rings. The van der Waals surface area contributed by atoms with Crippen LogP contribution >= 0.6 is 0 Å². The maximum Gasteiger partial charge on any atom is 0.266 e. The molecular formula is C21H19N5O3. The molecule has 0 bridgehead atoms. The Morgan fingerprint density at radius 1 is 1.17 bits per heavy atom. The number of hydrogen-bond donors (Lipinski definition) is 1. The predicted molar refractivity (Wildman–Crippen MR) is 108 cm³/mol. The number of amides is 1. The van der Waals surface area contributed by atoms with Crippen LogP contribution in [0.2, 0.25) is 0 Å². The number of carbonyl (C=O) groups excluding carboxylic acids is 1. The van der Waals surface area contributed by atoms with E-state index in [0.29, 0.717) is 28.4 Å². The Bertz CT molecular complexity index is 1100. The van der Waals surface area contributed by atoms with Gasteiger partial charge in [-0.05, 0) is 30.3 Å². The number of hydrogen-bond acceptors (Lipinski definition) is 6. The number of aryl methyl sites for hydroxylation is 1. The summed E-state index contributed by atoms with van der Waals surface area (Å²) in [6, 6.07) is 10.5. The minimum absolute atomic E-state index is 0.0527. The van der Waals surface area contributed by atoms with E-state index in [1.807, 2.05) is 18.2 Å². The van der Waals surface area contributed by atoms with Crippen molar-refractivity contribution in [2.24, 2.45) is 7.05 Å². The molecule has 1 N–H and O–H groups in total. The fourth-order valence-corrected chi connectivity index (χ4v) is 2.76. The summed E-state index contributed by atoms with van der Waals surface area (Å²) in [5, 5.41) is 16.7. The molecule has 1 amide bonds. The van der Waals surface area contributed by atoms with Crippen LogP contribution in [0.25, 0.3) is 17.3 Å². The highest BCUT2D eigenvalue weighted by atomic mass is 16.5. The summed E-state index contributed by atoms with van der Waals surface area (Å²) in [5.41, 5.74) is 2.57. The van der Waals surface area contributed by atoms with Crippen LogP contribution in [0.5, 0.6) is 11.5 Å². The lowest BCUT2D eigenvalue weighted by Gasteiger charge is -2.10. The van der Waals surface area contributed by atoms with Crippen LogP contribution in [0.4, 0.5) is 5.69 Å². The molecule has 8 nitrogen and oxygen atoms in total. The molecule has 2 aromatic heterocycles. The molecule has 3 aromatic rings. The number of nitriles is 1. The SMILES string of the molecule is COc1ccc(NC(=O)/C(C#N)=C\c2cn(C)nc2-c2ccncc2)cc1OC. The number of aromatic nitrogens is 3. The van der Waals surface area contributed by atoms with Crippen molar-refractivity contribution >= 4 is 17.7 Å². The van der Waals surface area contributed by atoms with Crippen LogP contribution in [0.3, 0.4) is 0 Å². The number of methoxy groups -OCH3 is 2. The summed E-state index contributed by atoms with van der Waals surface area (Å²) in [6.45, 7) is 0. The lowest BCUT2D eigenvalue weighted by atomic mass is 10.1. The molecule has 0 aliphatic heterocycles. The Morgan fingerprint density at radius 2 is 1.90 bits per heavy atom. The van der Waals surface area contributed by atoms with Crippen LogP contribution in [0, 0.1) is 11.3 Å². The number of carbonyl (C=O) groups is 1. The van der Waals surface area contributed by atoms with E-state index < -0.39 is 5.91 Å². The fraction of sp³-hybridized carbons (Fsp3) is 0.143. The smallest absolute Gasteiger partial charge is 0.266 e. The van der Waals surface area contributed by atoms with Gasteiger partial charge in [-0.1, -0.05) is 0 Å². The molecule has 0 saturated heterocycles. The maximum atomic E-state index is 12.6. The van der Waals surface area contributed by atoms with Crippen molar-refractivity contribution in [3.8, 4) is 28.8 Å². The highest BCUT2D eigenvalue weighted by molar-refractivity contribution is 6.10. The molecule has 0 unspecified atom stereocenters. The van der Waals surface area contributed by atoms with E-state index in [0.717, 1.165) is 5.56 Å². The normalized spacial score (nSPS) is 10.9. The largest absolute Gasteiger partial charge is 0.493 e. The van der Waals surface area contributed by atoms with Gasteiger partial charge in [-0.15, -0.1) is 0 Å². The average Bonchev–Trinajstić information content (AvgIpc) is 3.12. The second-order valence-electron chi connectivity index (χ2n) is 6.04. The summed E-state index contributed by atoms with van der Waals surface area (Å²) >= 11 is 0. The first-order valence-electron chi connectivity index (χ1n) is 8.65. The third kappa shape index (κ3) is 4.42. The topological polar surface area (TPSA) is 102 Å². The van der Waals surface area contributed by atoms with Gasteiger partial charge in [0.25, 0.3) is 5.91 Å². The minimum Gasteiger partial charge on any atom is -0.493 e. The molecule has 3 rings (SSSR count). The van der Waals surface area contributed by atoms with E-state index in [1.54, 1.807) is 48.5 Å². The molecular weight excluding hydrogens is 370 g/mol. The summed E-state index contributed by atoms with van der Waals surface area (Å²) < 4.78 is 12.1. The number of rotatable bonds is 6. The maximum absolute atomic E-state index is 12.6. The summed E-state index contributed by atoms with van der Waals surface area (Å²) in [7, 11) is 4.81. The van der Waals surface area contributed by atoms with Crippen molar-refractivity contribution in [2.75, 3.05) is 19.5 Å². The Hall–Kier alpha value is -4.12. The first-order chi connectivity index (χ1) is 14.0. The monoisotopic (exact) mass is 389 g/mol. The number of nitrogens with zero attached hydrogens (tertiary/aromatic N) is 4. The standard InChI is InChI=1S/C21H19N5O3/c1-26-13-16(20(25-26)14-6-8-23-9-7-14)10-15(12-22)21(27)24-17-4-5-18(28-2)19(11-17)29-3/h4-11,13H,1-3H3,(H,24,27)/b15-10-. The van der Waals surface area contributed by atoms with Gasteiger partial charge in [-0.3, -0.25) is 14.5 Å². The van der Waals surface area contributed by atoms with Crippen molar-refractivity contribution in [1.82, 2.24) is 14.8 Å². The molecule has 0 atom stereocenters. The van der Waals surface area contributed by atoms with Crippen molar-refractivity contribution in [2.45, 2.75) is 0 Å². The zero-order chi connectivity index (χ0) is 20.8. The van der Waals surface area contributed by atoms with E-state index in [4.69, 9.17) is 9.47 Å². The molecule has 146 valence electrons. The Kier molecular flexibility index (Phi) is 5.90. The van der Waals surface area contributed by atoms with E-state index in [2.05, 4.69) is 15.4 Å². The number of anilines is 1. The number of nitrogens with one attached hydrogen (secondary N) is 1. The van der Waals surface area contributed by atoms with E-state index in [9.17, 15) is 10.1 Å². The van der Waals surface area contributed by atoms with Gasteiger partial charge in [-0.25, -0.2) is 0 Å². The molecule has 0 radical (unpaired) electrons. The Balaban J connectivity index is 1.90. The lowest BCUT2D eigenvalue weighted by molar-refractivity contribution is -0.112. The van der Waals surface area contributed by atoms with Crippen LogP contribution in [0.1, 0.15) is 5.56 Å². The zero-order valence-corrected chi connectivity index (χ0v) is 16.2. The third-order valence-corrected chi connectivity index (χ3v) is 4.12. The number of pyridine rings is 1. The van der Waals surface area contributed by atoms with Gasteiger partial charge in [0.2, 0.25) is 0 Å². The van der Waals surface area contributed by atoms with Crippen molar-refractivity contribution < 1.29 is 14.3 Å². The van der Waals surface area contributed by atoms with E-state index in [1.165, 1.54) is 20.3 Å². The molecule has 1 aromatic carbocycles. The van der Waals surface area contributed by atoms with Gasteiger partial charge in [0.15, 0.2) is 11.5 Å². The third-order valence-electron chi connectivity index (χ3n) is 4.12. The molecule has 8 heteroatoms. The highest BCUT2D eigenvalue weighted by Crippen LogP contribution is 2.30. The molecule has 29 heavy (non-hydrogen) atoms. The van der Waals surface area contributed by atoms with Gasteiger partial charge >= 0.3 is 0 Å². The molecule has 2 heterocycles. The number of ether oxygens (including phenoxy) is 2. The van der Waals surface area contributed by atoms with Gasteiger partial charge in [-0.2, -0.15) is 10.4 Å². The van der Waals surface area contributed by atoms with E-state index in [-0.39, 0.29) is 5.57 Å². The predicted octanol–water partition coefficient (Wildman–Crippen LogP) is 3.04. The van der Waals surface area contributed by atoms with E-state index >= 15 is 0 Å². The Morgan fingerprint density at radius 3 is 2.55 bits per heavy atom. The van der Waals surface area contributed by atoms with Crippen LogP contribution < -0.4 is 14.8 Å². The molecule has 0 aliphatic rings. The van der Waals surface area contributed by atoms with Crippen LogP contribution in [-0.2, 0) is 11.8 Å². The summed E-state index contributed by atoms with van der Waals surface area (Å²) in [5.74, 6) is 0.475. The first kappa shape index (κ1) is 19.6. The lowest BCUT2D eigenvalue weighted by Crippen LogP contribution is -2.13. The summed E-state index contributed by atoms with van der Waals surface area (Å²) in [4.78, 5) is 16.6. The van der Waals surface area contributed by atoms with Gasteiger partial charge in [0, 0.05) is 48.5 Å². The Labute approximate surface area is 168 Å². The average molecular weight is 389 g/mol.